The van der Waals surface area contributed by atoms with E-state index in [0.717, 1.165) is 12.1 Å². The van der Waals surface area contributed by atoms with Crippen LogP contribution >= 0.6 is 0 Å². The highest BCUT2D eigenvalue weighted by Crippen LogP contribution is 2.36. The average Bonchev–Trinajstić information content (AvgIpc) is 3.09. The first-order valence-corrected chi connectivity index (χ1v) is 7.97. The SMILES string of the molecule is CCC(Nc1ccccc1S(C)(=O)=O)C1CC1. The van der Waals surface area contributed by atoms with Crippen molar-refractivity contribution in [3.63, 3.8) is 0 Å². The maximum atomic E-state index is 11.7. The number of anilines is 1. The molecule has 1 aromatic carbocycles. The molecule has 1 aliphatic carbocycles. The van der Waals surface area contributed by atoms with Crippen molar-refractivity contribution in [1.29, 1.82) is 0 Å². The van der Waals surface area contributed by atoms with Gasteiger partial charge >= 0.3 is 0 Å². The van der Waals surface area contributed by atoms with Crippen molar-refractivity contribution in [3.05, 3.63) is 24.3 Å². The molecule has 1 N–H and O–H groups in total. The smallest absolute Gasteiger partial charge is 0.177 e. The van der Waals surface area contributed by atoms with Crippen molar-refractivity contribution in [1.82, 2.24) is 0 Å². The zero-order chi connectivity index (χ0) is 12.5. The molecule has 3 nitrogen and oxygen atoms in total. The zero-order valence-corrected chi connectivity index (χ0v) is 11.1. The molecule has 0 radical (unpaired) electrons. The molecule has 1 unspecified atom stereocenters. The van der Waals surface area contributed by atoms with Crippen LogP contribution in [0.25, 0.3) is 0 Å². The fourth-order valence-electron chi connectivity index (χ4n) is 2.16. The highest BCUT2D eigenvalue weighted by atomic mass is 32.2. The summed E-state index contributed by atoms with van der Waals surface area (Å²) in [6, 6.07) is 7.55. The van der Waals surface area contributed by atoms with Crippen molar-refractivity contribution in [3.8, 4) is 0 Å². The first-order chi connectivity index (χ1) is 8.02. The lowest BCUT2D eigenvalue weighted by Crippen LogP contribution is -2.22. The van der Waals surface area contributed by atoms with E-state index in [4.69, 9.17) is 0 Å². The predicted octanol–water partition coefficient (Wildman–Crippen LogP) is 2.69. The predicted molar refractivity (Wildman–Crippen MR) is 70.0 cm³/mol. The number of para-hydroxylation sites is 1. The van der Waals surface area contributed by atoms with Gasteiger partial charge in [-0.2, -0.15) is 0 Å². The first-order valence-electron chi connectivity index (χ1n) is 6.08. The number of hydrogen-bond acceptors (Lipinski definition) is 3. The maximum Gasteiger partial charge on any atom is 0.177 e. The lowest BCUT2D eigenvalue weighted by atomic mass is 10.1. The molecule has 0 heterocycles. The molecule has 17 heavy (non-hydrogen) atoms. The van der Waals surface area contributed by atoms with Crippen LogP contribution in [0.5, 0.6) is 0 Å². The summed E-state index contributed by atoms with van der Waals surface area (Å²) in [5, 5.41) is 3.39. The fraction of sp³-hybridized carbons (Fsp3) is 0.538. The molecule has 0 saturated heterocycles. The molecule has 0 aliphatic heterocycles. The molecule has 1 atom stereocenters. The van der Waals surface area contributed by atoms with Crippen LogP contribution in [0.1, 0.15) is 26.2 Å². The van der Waals surface area contributed by atoms with Gasteiger partial charge in [0.05, 0.1) is 10.6 Å². The van der Waals surface area contributed by atoms with E-state index in [1.165, 1.54) is 19.1 Å². The molecule has 0 amide bonds. The van der Waals surface area contributed by atoms with E-state index in [0.29, 0.717) is 16.9 Å². The summed E-state index contributed by atoms with van der Waals surface area (Å²) in [6.45, 7) is 2.14. The molecule has 1 aromatic rings. The van der Waals surface area contributed by atoms with Crippen molar-refractivity contribution >= 4 is 15.5 Å². The second-order valence-corrected chi connectivity index (χ2v) is 6.75. The largest absolute Gasteiger partial charge is 0.381 e. The molecule has 0 spiro atoms. The maximum absolute atomic E-state index is 11.7. The third kappa shape index (κ3) is 3.00. The summed E-state index contributed by atoms with van der Waals surface area (Å²) in [5.41, 5.74) is 0.744. The Morgan fingerprint density at radius 3 is 2.53 bits per heavy atom. The van der Waals surface area contributed by atoms with E-state index in [1.807, 2.05) is 12.1 Å². The summed E-state index contributed by atoms with van der Waals surface area (Å²) < 4.78 is 23.3. The van der Waals surface area contributed by atoms with Crippen molar-refractivity contribution in [2.45, 2.75) is 37.1 Å². The Kier molecular flexibility index (Phi) is 3.43. The van der Waals surface area contributed by atoms with Gasteiger partial charge in [-0.15, -0.1) is 0 Å². The standard InChI is InChI=1S/C13H19NO2S/c1-3-11(10-8-9-10)14-12-6-4-5-7-13(12)17(2,15)16/h4-7,10-11,14H,3,8-9H2,1-2H3. The van der Waals surface area contributed by atoms with E-state index in [2.05, 4.69) is 12.2 Å². The monoisotopic (exact) mass is 253 g/mol. The first kappa shape index (κ1) is 12.4. The Bertz CT molecular complexity index is 492. The number of sulfone groups is 1. The van der Waals surface area contributed by atoms with Crippen molar-refractivity contribution in [2.75, 3.05) is 11.6 Å². The van der Waals surface area contributed by atoms with Crippen molar-refractivity contribution < 1.29 is 8.42 Å². The van der Waals surface area contributed by atoms with Gasteiger partial charge in [-0.25, -0.2) is 8.42 Å². The fourth-order valence-corrected chi connectivity index (χ4v) is 3.01. The van der Waals surface area contributed by atoms with Gasteiger partial charge in [-0.05, 0) is 37.3 Å². The number of hydrogen-bond donors (Lipinski definition) is 1. The lowest BCUT2D eigenvalue weighted by molar-refractivity contribution is 0.598. The highest BCUT2D eigenvalue weighted by Gasteiger charge is 2.30. The van der Waals surface area contributed by atoms with E-state index < -0.39 is 9.84 Å². The normalized spacial score (nSPS) is 17.8. The molecule has 1 aliphatic rings. The Morgan fingerprint density at radius 1 is 1.35 bits per heavy atom. The lowest BCUT2D eigenvalue weighted by Gasteiger charge is -2.19. The summed E-state index contributed by atoms with van der Waals surface area (Å²) in [4.78, 5) is 0.402. The van der Waals surface area contributed by atoms with Gasteiger partial charge in [0.15, 0.2) is 9.84 Å². The van der Waals surface area contributed by atoms with Crippen LogP contribution in [0.3, 0.4) is 0 Å². The third-order valence-electron chi connectivity index (χ3n) is 3.26. The van der Waals surface area contributed by atoms with Crippen LogP contribution in [-0.2, 0) is 9.84 Å². The van der Waals surface area contributed by atoms with Gasteiger partial charge < -0.3 is 5.32 Å². The molecule has 0 bridgehead atoms. The van der Waals surface area contributed by atoms with E-state index in [1.54, 1.807) is 12.1 Å². The van der Waals surface area contributed by atoms with E-state index in [-0.39, 0.29) is 0 Å². The molecular formula is C13H19NO2S. The Balaban J connectivity index is 2.25. The highest BCUT2D eigenvalue weighted by molar-refractivity contribution is 7.90. The Hall–Kier alpha value is -1.03. The molecular weight excluding hydrogens is 234 g/mol. The molecule has 94 valence electrons. The Morgan fingerprint density at radius 2 is 2.00 bits per heavy atom. The molecule has 2 rings (SSSR count). The second kappa shape index (κ2) is 4.69. The minimum atomic E-state index is -3.16. The second-order valence-electron chi connectivity index (χ2n) is 4.76. The minimum Gasteiger partial charge on any atom is -0.381 e. The van der Waals surface area contributed by atoms with Crippen LogP contribution in [-0.4, -0.2) is 20.7 Å². The van der Waals surface area contributed by atoms with E-state index in [9.17, 15) is 8.42 Å². The molecule has 4 heteroatoms. The molecule has 0 aromatic heterocycles. The Labute approximate surface area is 103 Å². The van der Waals surface area contributed by atoms with Gasteiger partial charge in [0.1, 0.15) is 0 Å². The van der Waals surface area contributed by atoms with Gasteiger partial charge in [-0.3, -0.25) is 0 Å². The van der Waals surface area contributed by atoms with Crippen LogP contribution in [0.4, 0.5) is 5.69 Å². The van der Waals surface area contributed by atoms with Crippen LogP contribution in [0.15, 0.2) is 29.2 Å². The summed E-state index contributed by atoms with van der Waals surface area (Å²) in [6.07, 6.45) is 4.80. The van der Waals surface area contributed by atoms with Gasteiger partial charge in [0.2, 0.25) is 0 Å². The van der Waals surface area contributed by atoms with Gasteiger partial charge in [0.25, 0.3) is 0 Å². The van der Waals surface area contributed by atoms with Gasteiger partial charge in [-0.1, -0.05) is 19.1 Å². The summed E-state index contributed by atoms with van der Waals surface area (Å²) >= 11 is 0. The molecule has 1 saturated carbocycles. The number of nitrogens with one attached hydrogen (secondary N) is 1. The zero-order valence-electron chi connectivity index (χ0n) is 10.3. The third-order valence-corrected chi connectivity index (χ3v) is 4.41. The quantitative estimate of drug-likeness (QED) is 0.877. The van der Waals surface area contributed by atoms with Crippen LogP contribution in [0, 0.1) is 5.92 Å². The molecule has 1 fully saturated rings. The number of rotatable bonds is 5. The van der Waals surface area contributed by atoms with Crippen LogP contribution in [0.2, 0.25) is 0 Å². The van der Waals surface area contributed by atoms with Crippen LogP contribution < -0.4 is 5.32 Å². The average molecular weight is 253 g/mol. The van der Waals surface area contributed by atoms with E-state index >= 15 is 0 Å². The minimum absolute atomic E-state index is 0.401. The topological polar surface area (TPSA) is 46.2 Å². The van der Waals surface area contributed by atoms with Crippen molar-refractivity contribution in [2.24, 2.45) is 5.92 Å². The number of benzene rings is 1. The summed E-state index contributed by atoms with van der Waals surface area (Å²) in [7, 11) is -3.16. The van der Waals surface area contributed by atoms with Gasteiger partial charge in [0, 0.05) is 12.3 Å². The summed E-state index contributed by atoms with van der Waals surface area (Å²) in [5.74, 6) is 0.715.